The average Bonchev–Trinajstić information content (AvgIpc) is 3.03. The molecule has 23 heavy (non-hydrogen) atoms. The molecule has 114 valence electrons. The molecule has 0 aliphatic rings. The molecule has 0 aliphatic carbocycles. The zero-order valence-corrected chi connectivity index (χ0v) is 13.3. The van der Waals surface area contributed by atoms with Crippen LogP contribution in [-0.2, 0) is 6.42 Å². The molecule has 2 aromatic heterocycles. The van der Waals surface area contributed by atoms with Crippen molar-refractivity contribution >= 4 is 11.6 Å². The second-order valence-electron chi connectivity index (χ2n) is 4.99. The van der Waals surface area contributed by atoms with Crippen LogP contribution >= 0.6 is 11.6 Å². The second-order valence-corrected chi connectivity index (χ2v) is 5.42. The summed E-state index contributed by atoms with van der Waals surface area (Å²) < 4.78 is 5.28. The second kappa shape index (κ2) is 7.08. The topological polar surface area (TPSA) is 51.8 Å². The van der Waals surface area contributed by atoms with E-state index in [1.165, 1.54) is 0 Å². The molecule has 0 bridgehead atoms. The first kappa shape index (κ1) is 15.3. The molecule has 2 heterocycles. The largest absolute Gasteiger partial charge is 0.339 e. The molecular formula is C18H14ClN3O. The molecule has 0 saturated heterocycles. The minimum Gasteiger partial charge on any atom is -0.339 e. The van der Waals surface area contributed by atoms with Gasteiger partial charge in [-0.15, -0.1) is 0 Å². The molecule has 3 aromatic rings. The Bertz CT molecular complexity index is 863. The van der Waals surface area contributed by atoms with E-state index >= 15 is 0 Å². The highest BCUT2D eigenvalue weighted by atomic mass is 35.5. The van der Waals surface area contributed by atoms with Crippen molar-refractivity contribution in [3.05, 3.63) is 64.8 Å². The fourth-order valence-electron chi connectivity index (χ4n) is 2.06. The van der Waals surface area contributed by atoms with Crippen LogP contribution in [0, 0.1) is 18.8 Å². The number of nitrogens with zero attached hydrogens (tertiary/aromatic N) is 3. The van der Waals surface area contributed by atoms with E-state index in [-0.39, 0.29) is 0 Å². The molecule has 0 saturated carbocycles. The monoisotopic (exact) mass is 323 g/mol. The van der Waals surface area contributed by atoms with E-state index in [1.54, 1.807) is 6.20 Å². The zero-order valence-electron chi connectivity index (χ0n) is 12.6. The number of hydrogen-bond acceptors (Lipinski definition) is 4. The molecule has 0 fully saturated rings. The molecule has 0 aliphatic heterocycles. The van der Waals surface area contributed by atoms with E-state index in [0.29, 0.717) is 29.6 Å². The molecule has 5 heteroatoms. The lowest BCUT2D eigenvalue weighted by molar-refractivity contribution is 0.380. The van der Waals surface area contributed by atoms with Crippen molar-refractivity contribution in [2.24, 2.45) is 0 Å². The van der Waals surface area contributed by atoms with E-state index in [2.05, 4.69) is 27.0 Å². The maximum absolute atomic E-state index is 6.02. The third-order valence-electron chi connectivity index (χ3n) is 3.25. The van der Waals surface area contributed by atoms with Crippen LogP contribution in [0.1, 0.15) is 23.6 Å². The highest BCUT2D eigenvalue weighted by Crippen LogP contribution is 2.24. The Labute approximate surface area is 139 Å². The summed E-state index contributed by atoms with van der Waals surface area (Å²) in [6.45, 7) is 1.99. The number of benzene rings is 1. The standard InChI is InChI=1S/C18H14ClN3O/c1-13-9-10-14(19)12-16(13)18-21-17(23-22-18)8-3-2-6-15-7-4-5-11-20-15/h4-5,7,9-12H,3,8H2,1H3. The minimum atomic E-state index is 0.553. The van der Waals surface area contributed by atoms with Crippen molar-refractivity contribution in [1.29, 1.82) is 0 Å². The van der Waals surface area contributed by atoms with Crippen LogP contribution in [-0.4, -0.2) is 15.1 Å². The number of aromatic nitrogens is 3. The molecule has 0 unspecified atom stereocenters. The van der Waals surface area contributed by atoms with Crippen LogP contribution < -0.4 is 0 Å². The number of hydrogen-bond donors (Lipinski definition) is 0. The van der Waals surface area contributed by atoms with Crippen molar-refractivity contribution in [1.82, 2.24) is 15.1 Å². The van der Waals surface area contributed by atoms with Gasteiger partial charge < -0.3 is 4.52 Å². The molecule has 0 spiro atoms. The summed E-state index contributed by atoms with van der Waals surface area (Å²) in [6.07, 6.45) is 2.96. The number of aryl methyl sites for hydroxylation is 2. The summed E-state index contributed by atoms with van der Waals surface area (Å²) in [5.41, 5.74) is 2.69. The van der Waals surface area contributed by atoms with Crippen LogP contribution in [0.15, 0.2) is 47.1 Å². The van der Waals surface area contributed by atoms with E-state index in [9.17, 15) is 0 Å². The first-order chi connectivity index (χ1) is 11.2. The van der Waals surface area contributed by atoms with Crippen LogP contribution in [0.25, 0.3) is 11.4 Å². The summed E-state index contributed by atoms with van der Waals surface area (Å²) in [7, 11) is 0. The summed E-state index contributed by atoms with van der Waals surface area (Å²) in [5.74, 6) is 7.18. The number of pyridine rings is 1. The molecule has 3 rings (SSSR count). The van der Waals surface area contributed by atoms with Gasteiger partial charge in [-0.2, -0.15) is 4.98 Å². The summed E-state index contributed by atoms with van der Waals surface area (Å²) in [6, 6.07) is 11.3. The normalized spacial score (nSPS) is 10.2. The lowest BCUT2D eigenvalue weighted by Gasteiger charge is -2.00. The zero-order chi connectivity index (χ0) is 16.1. The maximum Gasteiger partial charge on any atom is 0.227 e. The summed E-state index contributed by atoms with van der Waals surface area (Å²) >= 11 is 6.02. The lowest BCUT2D eigenvalue weighted by Crippen LogP contribution is -1.87. The van der Waals surface area contributed by atoms with Gasteiger partial charge in [0.2, 0.25) is 11.7 Å². The Morgan fingerprint density at radius 3 is 2.96 bits per heavy atom. The smallest absolute Gasteiger partial charge is 0.227 e. The SMILES string of the molecule is Cc1ccc(Cl)cc1-c1noc(CCC#Cc2ccccn2)n1. The highest BCUT2D eigenvalue weighted by molar-refractivity contribution is 6.30. The van der Waals surface area contributed by atoms with Gasteiger partial charge in [0.05, 0.1) is 0 Å². The fraction of sp³-hybridized carbons (Fsp3) is 0.167. The highest BCUT2D eigenvalue weighted by Gasteiger charge is 2.10. The Kier molecular flexibility index (Phi) is 4.70. The Morgan fingerprint density at radius 2 is 2.13 bits per heavy atom. The predicted octanol–water partition coefficient (Wildman–Crippen LogP) is 4.08. The van der Waals surface area contributed by atoms with Crippen molar-refractivity contribution in [2.75, 3.05) is 0 Å². The predicted molar refractivity (Wildman–Crippen MR) is 88.9 cm³/mol. The molecule has 0 radical (unpaired) electrons. The first-order valence-electron chi connectivity index (χ1n) is 7.21. The van der Waals surface area contributed by atoms with Crippen LogP contribution in [0.2, 0.25) is 5.02 Å². The van der Waals surface area contributed by atoms with Gasteiger partial charge in [-0.1, -0.05) is 34.8 Å². The number of rotatable bonds is 3. The van der Waals surface area contributed by atoms with Crippen LogP contribution in [0.5, 0.6) is 0 Å². The van der Waals surface area contributed by atoms with Gasteiger partial charge in [-0.25, -0.2) is 4.98 Å². The summed E-state index contributed by atoms with van der Waals surface area (Å²) in [5, 5.41) is 4.67. The molecular weight excluding hydrogens is 310 g/mol. The maximum atomic E-state index is 6.02. The van der Waals surface area contributed by atoms with E-state index in [4.69, 9.17) is 16.1 Å². The molecule has 0 atom stereocenters. The number of halogens is 1. The average molecular weight is 324 g/mol. The summed E-state index contributed by atoms with van der Waals surface area (Å²) in [4.78, 5) is 8.55. The third-order valence-corrected chi connectivity index (χ3v) is 3.49. The Balaban J connectivity index is 1.66. The van der Waals surface area contributed by atoms with E-state index in [0.717, 1.165) is 16.8 Å². The van der Waals surface area contributed by atoms with Gasteiger partial charge in [-0.05, 0) is 42.7 Å². The molecule has 0 amide bonds. The van der Waals surface area contributed by atoms with Gasteiger partial charge in [0.1, 0.15) is 5.69 Å². The first-order valence-corrected chi connectivity index (χ1v) is 7.59. The van der Waals surface area contributed by atoms with Crippen LogP contribution in [0.4, 0.5) is 0 Å². The van der Waals surface area contributed by atoms with E-state index in [1.807, 2.05) is 43.3 Å². The van der Waals surface area contributed by atoms with E-state index < -0.39 is 0 Å². The molecule has 4 nitrogen and oxygen atoms in total. The lowest BCUT2D eigenvalue weighted by atomic mass is 10.1. The third kappa shape index (κ3) is 3.97. The quantitative estimate of drug-likeness (QED) is 0.681. The van der Waals surface area contributed by atoms with Gasteiger partial charge >= 0.3 is 0 Å². The minimum absolute atomic E-state index is 0.553. The van der Waals surface area contributed by atoms with Crippen molar-refractivity contribution in [2.45, 2.75) is 19.8 Å². The van der Waals surface area contributed by atoms with Crippen molar-refractivity contribution < 1.29 is 4.52 Å². The van der Waals surface area contributed by atoms with Gasteiger partial charge in [0, 0.05) is 29.6 Å². The Morgan fingerprint density at radius 1 is 1.22 bits per heavy atom. The molecule has 1 aromatic carbocycles. The molecule has 0 N–H and O–H groups in total. The van der Waals surface area contributed by atoms with Gasteiger partial charge in [0.15, 0.2) is 0 Å². The van der Waals surface area contributed by atoms with Crippen molar-refractivity contribution in [3.63, 3.8) is 0 Å². The fourth-order valence-corrected chi connectivity index (χ4v) is 2.23. The van der Waals surface area contributed by atoms with Crippen molar-refractivity contribution in [3.8, 4) is 23.2 Å². The van der Waals surface area contributed by atoms with Gasteiger partial charge in [-0.3, -0.25) is 0 Å². The van der Waals surface area contributed by atoms with Crippen LogP contribution in [0.3, 0.4) is 0 Å². The van der Waals surface area contributed by atoms with Gasteiger partial charge in [0.25, 0.3) is 0 Å². The Hall–Kier alpha value is -2.64.